The van der Waals surface area contributed by atoms with Crippen LogP contribution in [0.1, 0.15) is 44.0 Å². The van der Waals surface area contributed by atoms with E-state index in [1.165, 1.54) is 0 Å². The van der Waals surface area contributed by atoms with Crippen molar-refractivity contribution in [3.05, 3.63) is 41.7 Å². The van der Waals surface area contributed by atoms with E-state index < -0.39 is 0 Å². The molecule has 1 aliphatic rings. The van der Waals surface area contributed by atoms with Crippen LogP contribution in [-0.4, -0.2) is 35.6 Å². The smallest absolute Gasteiger partial charge is 0.227 e. The first-order valence-electron chi connectivity index (χ1n) is 10.2. The molecule has 1 N–H and O–H groups in total. The molecule has 28 heavy (non-hydrogen) atoms. The summed E-state index contributed by atoms with van der Waals surface area (Å²) in [7, 11) is 0. The summed E-state index contributed by atoms with van der Waals surface area (Å²) in [5.74, 6) is 1.71. The van der Waals surface area contributed by atoms with Crippen molar-refractivity contribution in [1.29, 1.82) is 0 Å². The van der Waals surface area contributed by atoms with Gasteiger partial charge in [0.25, 0.3) is 0 Å². The molecule has 1 aliphatic heterocycles. The molecule has 1 aromatic heterocycles. The highest BCUT2D eigenvalue weighted by Crippen LogP contribution is 2.23. The van der Waals surface area contributed by atoms with E-state index >= 15 is 0 Å². The quantitative estimate of drug-likeness (QED) is 0.730. The fourth-order valence-electron chi connectivity index (χ4n) is 3.40. The minimum Gasteiger partial charge on any atom is -0.494 e. The first kappa shape index (κ1) is 20.1. The number of piperidine rings is 1. The van der Waals surface area contributed by atoms with Gasteiger partial charge in [-0.05, 0) is 63.4 Å². The van der Waals surface area contributed by atoms with Crippen molar-refractivity contribution in [1.82, 2.24) is 9.97 Å². The van der Waals surface area contributed by atoms with Crippen molar-refractivity contribution in [3.63, 3.8) is 0 Å². The molecule has 0 saturated carbocycles. The summed E-state index contributed by atoms with van der Waals surface area (Å²) in [6.45, 7) is 8.43. The molecule has 0 bridgehead atoms. The number of aryl methyl sites for hydroxylation is 2. The lowest BCUT2D eigenvalue weighted by molar-refractivity contribution is -0.120. The molecule has 1 saturated heterocycles. The Labute approximate surface area is 167 Å². The van der Waals surface area contributed by atoms with Crippen molar-refractivity contribution in [3.8, 4) is 5.75 Å². The topological polar surface area (TPSA) is 67.3 Å². The van der Waals surface area contributed by atoms with E-state index in [9.17, 15) is 4.79 Å². The number of aromatic nitrogens is 2. The molecular formula is C22H30N4O2. The van der Waals surface area contributed by atoms with Gasteiger partial charge in [-0.3, -0.25) is 4.79 Å². The summed E-state index contributed by atoms with van der Waals surface area (Å²) >= 11 is 0. The number of amides is 1. The second-order valence-corrected chi connectivity index (χ2v) is 7.43. The molecule has 150 valence electrons. The average Bonchev–Trinajstić information content (AvgIpc) is 2.69. The first-order valence-corrected chi connectivity index (χ1v) is 10.2. The van der Waals surface area contributed by atoms with Crippen LogP contribution in [-0.2, 0) is 4.79 Å². The van der Waals surface area contributed by atoms with Crippen LogP contribution in [0.25, 0.3) is 0 Å². The maximum Gasteiger partial charge on any atom is 0.227 e. The predicted octanol–water partition coefficient (Wildman–Crippen LogP) is 4.13. The van der Waals surface area contributed by atoms with Crippen molar-refractivity contribution in [2.75, 3.05) is 29.9 Å². The number of hydrogen-bond donors (Lipinski definition) is 1. The van der Waals surface area contributed by atoms with Crippen LogP contribution >= 0.6 is 0 Å². The Morgan fingerprint density at radius 2 is 1.79 bits per heavy atom. The zero-order valence-corrected chi connectivity index (χ0v) is 17.1. The molecule has 0 radical (unpaired) electrons. The predicted molar refractivity (Wildman–Crippen MR) is 112 cm³/mol. The van der Waals surface area contributed by atoms with E-state index in [0.29, 0.717) is 0 Å². The Morgan fingerprint density at radius 1 is 1.14 bits per heavy atom. The van der Waals surface area contributed by atoms with Crippen LogP contribution in [0.3, 0.4) is 0 Å². The van der Waals surface area contributed by atoms with E-state index in [-0.39, 0.29) is 11.8 Å². The van der Waals surface area contributed by atoms with Gasteiger partial charge in [-0.25, -0.2) is 9.97 Å². The van der Waals surface area contributed by atoms with Gasteiger partial charge < -0.3 is 15.0 Å². The van der Waals surface area contributed by atoms with Gasteiger partial charge in [0, 0.05) is 36.1 Å². The fourth-order valence-corrected chi connectivity index (χ4v) is 3.40. The van der Waals surface area contributed by atoms with Crippen LogP contribution in [0.5, 0.6) is 5.75 Å². The van der Waals surface area contributed by atoms with Crippen molar-refractivity contribution in [2.24, 2.45) is 5.92 Å². The number of benzene rings is 1. The summed E-state index contributed by atoms with van der Waals surface area (Å²) in [5.41, 5.74) is 2.77. The van der Waals surface area contributed by atoms with Gasteiger partial charge in [0.05, 0.1) is 6.61 Å². The molecule has 0 aliphatic carbocycles. The minimum atomic E-state index is 0.0163. The van der Waals surface area contributed by atoms with Crippen molar-refractivity contribution < 1.29 is 9.53 Å². The lowest BCUT2D eigenvalue weighted by atomic mass is 9.96. The second-order valence-electron chi connectivity index (χ2n) is 7.43. The molecule has 2 aromatic rings. The Morgan fingerprint density at radius 3 is 2.39 bits per heavy atom. The largest absolute Gasteiger partial charge is 0.494 e. The summed E-state index contributed by atoms with van der Waals surface area (Å²) in [5, 5.41) is 3.03. The lowest BCUT2D eigenvalue weighted by Crippen LogP contribution is -2.39. The molecule has 6 heteroatoms. The third-order valence-electron chi connectivity index (χ3n) is 5.01. The molecule has 1 aromatic carbocycles. The molecule has 0 spiro atoms. The number of hydrogen-bond acceptors (Lipinski definition) is 5. The number of carbonyl (C=O) groups is 1. The SMILES string of the molecule is CCCCOc1ccc(NC(=O)C2CCN(c3nc(C)cc(C)n3)CC2)cc1. The van der Waals surface area contributed by atoms with Gasteiger partial charge in [-0.2, -0.15) is 0 Å². The molecule has 0 atom stereocenters. The van der Waals surface area contributed by atoms with E-state index in [4.69, 9.17) is 4.74 Å². The standard InChI is InChI=1S/C22H30N4O2/c1-4-5-14-28-20-8-6-19(7-9-20)25-21(27)18-10-12-26(13-11-18)22-23-16(2)15-17(3)24-22/h6-9,15,18H,4-5,10-14H2,1-3H3,(H,25,27). The Bertz CT molecular complexity index is 763. The third-order valence-corrected chi connectivity index (χ3v) is 5.01. The van der Waals surface area contributed by atoms with E-state index in [1.54, 1.807) is 0 Å². The van der Waals surface area contributed by atoms with Gasteiger partial charge in [-0.15, -0.1) is 0 Å². The highest BCUT2D eigenvalue weighted by molar-refractivity contribution is 5.92. The highest BCUT2D eigenvalue weighted by Gasteiger charge is 2.26. The summed E-state index contributed by atoms with van der Waals surface area (Å²) in [6, 6.07) is 9.59. The summed E-state index contributed by atoms with van der Waals surface area (Å²) in [6.07, 6.45) is 3.77. The molecule has 3 rings (SSSR count). The average molecular weight is 383 g/mol. The van der Waals surface area contributed by atoms with Gasteiger partial charge in [0.15, 0.2) is 0 Å². The van der Waals surface area contributed by atoms with Crippen LogP contribution in [0, 0.1) is 19.8 Å². The van der Waals surface area contributed by atoms with E-state index in [0.717, 1.165) is 74.2 Å². The van der Waals surface area contributed by atoms with Crippen LogP contribution in [0.4, 0.5) is 11.6 Å². The molecule has 1 amide bonds. The Balaban J connectivity index is 1.49. The van der Waals surface area contributed by atoms with Gasteiger partial charge >= 0.3 is 0 Å². The number of rotatable bonds is 7. The molecule has 0 unspecified atom stereocenters. The molecule has 2 heterocycles. The molecule has 6 nitrogen and oxygen atoms in total. The number of nitrogens with zero attached hydrogens (tertiary/aromatic N) is 3. The number of unbranched alkanes of at least 4 members (excludes halogenated alkanes) is 1. The number of carbonyl (C=O) groups excluding carboxylic acids is 1. The number of anilines is 2. The molecule has 1 fully saturated rings. The first-order chi connectivity index (χ1) is 13.5. The maximum atomic E-state index is 12.6. The Hall–Kier alpha value is -2.63. The number of ether oxygens (including phenoxy) is 1. The van der Waals surface area contributed by atoms with Crippen molar-refractivity contribution >= 4 is 17.5 Å². The lowest BCUT2D eigenvalue weighted by Gasteiger charge is -2.31. The third kappa shape index (κ3) is 5.44. The van der Waals surface area contributed by atoms with Crippen LogP contribution in [0.2, 0.25) is 0 Å². The van der Waals surface area contributed by atoms with Gasteiger partial charge in [-0.1, -0.05) is 13.3 Å². The van der Waals surface area contributed by atoms with Crippen molar-refractivity contribution in [2.45, 2.75) is 46.5 Å². The van der Waals surface area contributed by atoms with Gasteiger partial charge in [0.2, 0.25) is 11.9 Å². The maximum absolute atomic E-state index is 12.6. The van der Waals surface area contributed by atoms with Gasteiger partial charge in [0.1, 0.15) is 5.75 Å². The number of nitrogens with one attached hydrogen (secondary N) is 1. The monoisotopic (exact) mass is 382 g/mol. The minimum absolute atomic E-state index is 0.0163. The zero-order chi connectivity index (χ0) is 19.9. The van der Waals surface area contributed by atoms with Crippen LogP contribution < -0.4 is 15.0 Å². The highest BCUT2D eigenvalue weighted by atomic mass is 16.5. The summed E-state index contributed by atoms with van der Waals surface area (Å²) in [4.78, 5) is 23.9. The van der Waals surface area contributed by atoms with E-state index in [1.807, 2.05) is 44.2 Å². The normalized spacial score (nSPS) is 14.8. The molecular weight excluding hydrogens is 352 g/mol. The van der Waals surface area contributed by atoms with E-state index in [2.05, 4.69) is 27.1 Å². The van der Waals surface area contributed by atoms with Crippen LogP contribution in [0.15, 0.2) is 30.3 Å². The fraction of sp³-hybridized carbons (Fsp3) is 0.500. The Kier molecular flexibility index (Phi) is 6.85. The zero-order valence-electron chi connectivity index (χ0n) is 17.1. The summed E-state index contributed by atoms with van der Waals surface area (Å²) < 4.78 is 5.66. The second kappa shape index (κ2) is 9.53.